The standard InChI is InChI=1S/C24H31NO3S/c1-3-22(21-13-12-17-8-4-5-9-18(17)14-21)25-29(26,27)24-16-20-11-7-6-10-19(20)15-23(24)28-2/h12-16,22,25H,3-11H2,1-2H3. The molecule has 2 aromatic carbocycles. The zero-order valence-corrected chi connectivity index (χ0v) is 18.3. The Balaban J connectivity index is 1.65. The summed E-state index contributed by atoms with van der Waals surface area (Å²) < 4.78 is 35.1. The zero-order chi connectivity index (χ0) is 20.4. The maximum Gasteiger partial charge on any atom is 0.244 e. The molecule has 1 atom stereocenters. The van der Waals surface area contributed by atoms with Crippen LogP contribution in [0, 0.1) is 0 Å². The highest BCUT2D eigenvalue weighted by molar-refractivity contribution is 7.89. The summed E-state index contributed by atoms with van der Waals surface area (Å²) in [4.78, 5) is 0.261. The number of hydrogen-bond acceptors (Lipinski definition) is 3. The number of aryl methyl sites for hydroxylation is 4. The molecule has 0 aliphatic heterocycles. The molecule has 0 fully saturated rings. The number of ether oxygens (including phenoxy) is 1. The number of hydrogen-bond donors (Lipinski definition) is 1. The Morgan fingerprint density at radius 3 is 2.10 bits per heavy atom. The zero-order valence-electron chi connectivity index (χ0n) is 17.5. The number of rotatable bonds is 6. The molecule has 2 aromatic rings. The second-order valence-corrected chi connectivity index (χ2v) is 9.98. The van der Waals surface area contributed by atoms with Crippen LogP contribution in [-0.2, 0) is 35.7 Å². The van der Waals surface area contributed by atoms with Crippen molar-refractivity contribution in [2.24, 2.45) is 0 Å². The Morgan fingerprint density at radius 2 is 1.48 bits per heavy atom. The fourth-order valence-corrected chi connectivity index (χ4v) is 6.23. The lowest BCUT2D eigenvalue weighted by molar-refractivity contribution is 0.400. The van der Waals surface area contributed by atoms with Crippen molar-refractivity contribution in [3.63, 3.8) is 0 Å². The number of benzene rings is 2. The fourth-order valence-electron chi connectivity index (χ4n) is 4.72. The molecule has 0 heterocycles. The van der Waals surface area contributed by atoms with Crippen LogP contribution in [0.3, 0.4) is 0 Å². The van der Waals surface area contributed by atoms with Crippen molar-refractivity contribution in [1.29, 1.82) is 0 Å². The summed E-state index contributed by atoms with van der Waals surface area (Å²) in [6.07, 6.45) is 9.56. The van der Waals surface area contributed by atoms with Gasteiger partial charge in [0.25, 0.3) is 0 Å². The molecular weight excluding hydrogens is 382 g/mol. The van der Waals surface area contributed by atoms with Crippen molar-refractivity contribution in [3.8, 4) is 5.75 Å². The van der Waals surface area contributed by atoms with Crippen LogP contribution in [0.25, 0.3) is 0 Å². The van der Waals surface area contributed by atoms with Crippen molar-refractivity contribution in [3.05, 3.63) is 58.1 Å². The van der Waals surface area contributed by atoms with Crippen molar-refractivity contribution in [2.45, 2.75) is 75.6 Å². The number of fused-ring (bicyclic) bond motifs is 2. The first kappa shape index (κ1) is 20.4. The molecular formula is C24H31NO3S. The SMILES string of the molecule is CCC(NS(=O)(=O)c1cc2c(cc1OC)CCCC2)c1ccc2c(c1)CCCC2. The van der Waals surface area contributed by atoms with Gasteiger partial charge < -0.3 is 4.74 Å². The van der Waals surface area contributed by atoms with Gasteiger partial charge in [-0.1, -0.05) is 25.1 Å². The Hall–Kier alpha value is -1.85. The number of sulfonamides is 1. The summed E-state index contributed by atoms with van der Waals surface area (Å²) in [5.41, 5.74) is 6.19. The average molecular weight is 414 g/mol. The van der Waals surface area contributed by atoms with E-state index >= 15 is 0 Å². The fraction of sp³-hybridized carbons (Fsp3) is 0.500. The van der Waals surface area contributed by atoms with Crippen molar-refractivity contribution in [2.75, 3.05) is 7.11 Å². The Labute approximate surface area is 174 Å². The monoisotopic (exact) mass is 413 g/mol. The first-order chi connectivity index (χ1) is 14.0. The van der Waals surface area contributed by atoms with Gasteiger partial charge in [0.1, 0.15) is 10.6 Å². The second kappa shape index (κ2) is 8.49. The van der Waals surface area contributed by atoms with Crippen LogP contribution in [0.1, 0.15) is 72.9 Å². The van der Waals surface area contributed by atoms with Gasteiger partial charge in [0.15, 0.2) is 0 Å². The first-order valence-electron chi connectivity index (χ1n) is 10.9. The molecule has 2 aliphatic carbocycles. The first-order valence-corrected chi connectivity index (χ1v) is 12.3. The molecule has 4 rings (SSSR count). The molecule has 0 saturated carbocycles. The molecule has 0 amide bonds. The molecule has 156 valence electrons. The predicted octanol–water partition coefficient (Wildman–Crippen LogP) is 4.88. The maximum absolute atomic E-state index is 13.3. The smallest absolute Gasteiger partial charge is 0.244 e. The van der Waals surface area contributed by atoms with E-state index < -0.39 is 10.0 Å². The summed E-state index contributed by atoms with van der Waals surface area (Å²) in [5.74, 6) is 0.443. The Bertz CT molecular complexity index is 997. The molecule has 2 aliphatic rings. The lowest BCUT2D eigenvalue weighted by atomic mass is 9.89. The highest BCUT2D eigenvalue weighted by atomic mass is 32.2. The van der Waals surface area contributed by atoms with Gasteiger partial charge in [0.05, 0.1) is 7.11 Å². The van der Waals surface area contributed by atoms with Gasteiger partial charge in [-0.25, -0.2) is 13.1 Å². The average Bonchev–Trinajstić information content (AvgIpc) is 2.76. The van der Waals surface area contributed by atoms with Crippen LogP contribution < -0.4 is 9.46 Å². The van der Waals surface area contributed by atoms with Crippen molar-refractivity contribution < 1.29 is 13.2 Å². The van der Waals surface area contributed by atoms with E-state index in [0.717, 1.165) is 49.7 Å². The van der Waals surface area contributed by atoms with Gasteiger partial charge in [-0.2, -0.15) is 0 Å². The second-order valence-electron chi connectivity index (χ2n) is 8.30. The minimum Gasteiger partial charge on any atom is -0.495 e. The normalized spacial score (nSPS) is 17.3. The predicted molar refractivity (Wildman–Crippen MR) is 116 cm³/mol. The van der Waals surface area contributed by atoms with Gasteiger partial charge in [-0.05, 0) is 97.7 Å². The minimum atomic E-state index is -3.69. The molecule has 4 nitrogen and oxygen atoms in total. The van der Waals surface area contributed by atoms with E-state index in [1.165, 1.54) is 29.5 Å². The quantitative estimate of drug-likeness (QED) is 0.734. The highest BCUT2D eigenvalue weighted by Crippen LogP contribution is 2.33. The van der Waals surface area contributed by atoms with E-state index in [1.54, 1.807) is 7.11 Å². The van der Waals surface area contributed by atoms with Crippen molar-refractivity contribution in [1.82, 2.24) is 4.72 Å². The highest BCUT2D eigenvalue weighted by Gasteiger charge is 2.26. The van der Waals surface area contributed by atoms with E-state index in [2.05, 4.69) is 22.9 Å². The molecule has 0 aromatic heterocycles. The summed E-state index contributed by atoms with van der Waals surface area (Å²) in [6, 6.07) is 9.98. The van der Waals surface area contributed by atoms with Crippen LogP contribution in [0.4, 0.5) is 0 Å². The van der Waals surface area contributed by atoms with E-state index in [9.17, 15) is 8.42 Å². The third-order valence-corrected chi connectivity index (χ3v) is 7.89. The van der Waals surface area contributed by atoms with E-state index in [4.69, 9.17) is 4.74 Å². The Morgan fingerprint density at radius 1 is 0.897 bits per heavy atom. The molecule has 5 heteroatoms. The van der Waals surface area contributed by atoms with Gasteiger partial charge in [-0.15, -0.1) is 0 Å². The number of nitrogens with one attached hydrogen (secondary N) is 1. The number of methoxy groups -OCH3 is 1. The molecule has 0 bridgehead atoms. The van der Waals surface area contributed by atoms with Crippen molar-refractivity contribution >= 4 is 10.0 Å². The summed E-state index contributed by atoms with van der Waals surface area (Å²) in [5, 5.41) is 0. The van der Waals surface area contributed by atoms with Crippen LogP contribution in [-0.4, -0.2) is 15.5 Å². The molecule has 0 spiro atoms. The maximum atomic E-state index is 13.3. The molecule has 1 unspecified atom stereocenters. The van der Waals surface area contributed by atoms with Gasteiger partial charge in [0.2, 0.25) is 10.0 Å². The summed E-state index contributed by atoms with van der Waals surface area (Å²) in [7, 11) is -2.15. The van der Waals surface area contributed by atoms with E-state index in [-0.39, 0.29) is 10.9 Å². The molecule has 1 N–H and O–H groups in total. The van der Waals surface area contributed by atoms with Gasteiger partial charge >= 0.3 is 0 Å². The van der Waals surface area contributed by atoms with E-state index in [0.29, 0.717) is 12.2 Å². The molecule has 0 saturated heterocycles. The van der Waals surface area contributed by atoms with Gasteiger partial charge in [-0.3, -0.25) is 0 Å². The summed E-state index contributed by atoms with van der Waals surface area (Å²) >= 11 is 0. The van der Waals surface area contributed by atoms with Crippen LogP contribution in [0.5, 0.6) is 5.75 Å². The van der Waals surface area contributed by atoms with Crippen LogP contribution in [0.15, 0.2) is 35.2 Å². The molecule has 29 heavy (non-hydrogen) atoms. The van der Waals surface area contributed by atoms with E-state index in [1.807, 2.05) is 19.1 Å². The Kier molecular flexibility index (Phi) is 5.98. The third-order valence-electron chi connectivity index (χ3n) is 6.40. The largest absolute Gasteiger partial charge is 0.495 e. The lowest BCUT2D eigenvalue weighted by Crippen LogP contribution is -2.29. The topological polar surface area (TPSA) is 55.4 Å². The van der Waals surface area contributed by atoms with Crippen LogP contribution in [0.2, 0.25) is 0 Å². The lowest BCUT2D eigenvalue weighted by Gasteiger charge is -2.23. The molecule has 0 radical (unpaired) electrons. The minimum absolute atomic E-state index is 0.243. The van der Waals surface area contributed by atoms with Crippen LogP contribution >= 0.6 is 0 Å². The van der Waals surface area contributed by atoms with Gasteiger partial charge in [0, 0.05) is 6.04 Å². The summed E-state index contributed by atoms with van der Waals surface area (Å²) in [6.45, 7) is 2.02. The third kappa shape index (κ3) is 4.22.